The third kappa shape index (κ3) is 5.51. The van der Waals surface area contributed by atoms with Crippen LogP contribution >= 0.6 is 22.6 Å². The van der Waals surface area contributed by atoms with E-state index in [1.54, 1.807) is 42.5 Å². The third-order valence-corrected chi connectivity index (χ3v) is 5.43. The van der Waals surface area contributed by atoms with E-state index in [1.165, 1.54) is 12.1 Å². The number of carboxylic acid groups (broad SMARTS) is 1. The van der Waals surface area contributed by atoms with Gasteiger partial charge in [0.25, 0.3) is 5.91 Å². The maximum Gasteiger partial charge on any atom is 0.323 e. The summed E-state index contributed by atoms with van der Waals surface area (Å²) in [6.45, 7) is -0.382. The number of nitrogens with one attached hydrogen (secondary N) is 2. The van der Waals surface area contributed by atoms with Crippen molar-refractivity contribution >= 4 is 44.5 Å². The summed E-state index contributed by atoms with van der Waals surface area (Å²) in [5, 5.41) is 11.6. The van der Waals surface area contributed by atoms with Crippen molar-refractivity contribution in [2.45, 2.75) is 10.9 Å². The molecule has 2 aromatic carbocycles. The summed E-state index contributed by atoms with van der Waals surface area (Å²) in [6.07, 6.45) is 0. The molecule has 0 unspecified atom stereocenters. The molecule has 1 amide bonds. The summed E-state index contributed by atoms with van der Waals surface area (Å²) in [6, 6.07) is 12.7. The van der Waals surface area contributed by atoms with Crippen molar-refractivity contribution in [1.29, 1.82) is 0 Å². The van der Waals surface area contributed by atoms with Gasteiger partial charge in [0, 0.05) is 15.7 Å². The molecule has 0 saturated carbocycles. The Bertz CT molecular complexity index is 854. The SMILES string of the molecule is O=C(NC[C@H](NS(=O)(=O)c1ccc(I)cc1)C(=O)O)c1ccccc1. The fourth-order valence-corrected chi connectivity index (χ4v) is 3.48. The molecule has 2 aromatic rings. The highest BCUT2D eigenvalue weighted by Gasteiger charge is 2.26. The molecule has 0 radical (unpaired) electrons. The van der Waals surface area contributed by atoms with Crippen LogP contribution in [0.1, 0.15) is 10.4 Å². The lowest BCUT2D eigenvalue weighted by molar-refractivity contribution is -0.138. The molecule has 25 heavy (non-hydrogen) atoms. The Morgan fingerprint density at radius 2 is 1.64 bits per heavy atom. The van der Waals surface area contributed by atoms with Gasteiger partial charge < -0.3 is 10.4 Å². The van der Waals surface area contributed by atoms with Gasteiger partial charge in [0.15, 0.2) is 0 Å². The van der Waals surface area contributed by atoms with E-state index in [9.17, 15) is 23.1 Å². The van der Waals surface area contributed by atoms with Crippen molar-refractivity contribution in [3.63, 3.8) is 0 Å². The predicted octanol–water partition coefficient (Wildman–Crippen LogP) is 1.45. The number of hydrogen-bond donors (Lipinski definition) is 3. The van der Waals surface area contributed by atoms with Gasteiger partial charge in [-0.05, 0) is 59.0 Å². The maximum atomic E-state index is 12.3. The van der Waals surface area contributed by atoms with Crippen LogP contribution in [-0.4, -0.2) is 38.0 Å². The van der Waals surface area contributed by atoms with Crippen LogP contribution in [-0.2, 0) is 14.8 Å². The van der Waals surface area contributed by atoms with Crippen LogP contribution in [0.5, 0.6) is 0 Å². The lowest BCUT2D eigenvalue weighted by Gasteiger charge is -2.15. The Kier molecular flexibility index (Phi) is 6.51. The molecule has 0 aliphatic carbocycles. The second kappa shape index (κ2) is 8.41. The van der Waals surface area contributed by atoms with Gasteiger partial charge in [-0.2, -0.15) is 4.72 Å². The number of carboxylic acids is 1. The van der Waals surface area contributed by atoms with Gasteiger partial charge in [-0.1, -0.05) is 18.2 Å². The molecule has 0 aliphatic rings. The zero-order valence-electron chi connectivity index (χ0n) is 12.8. The molecular formula is C16H15IN2O5S. The van der Waals surface area contributed by atoms with Crippen molar-refractivity contribution in [2.24, 2.45) is 0 Å². The first-order valence-electron chi connectivity index (χ1n) is 7.13. The van der Waals surface area contributed by atoms with Crippen molar-refractivity contribution in [3.05, 3.63) is 63.7 Å². The zero-order chi connectivity index (χ0) is 18.4. The van der Waals surface area contributed by atoms with Gasteiger partial charge in [-0.15, -0.1) is 0 Å². The quantitative estimate of drug-likeness (QED) is 0.526. The first kappa shape index (κ1) is 19.3. The van der Waals surface area contributed by atoms with Gasteiger partial charge >= 0.3 is 5.97 Å². The number of halogens is 1. The number of hydrogen-bond acceptors (Lipinski definition) is 4. The van der Waals surface area contributed by atoms with E-state index in [-0.39, 0.29) is 11.4 Å². The molecule has 2 rings (SSSR count). The standard InChI is InChI=1S/C16H15IN2O5S/c17-12-6-8-13(9-7-12)25(23,24)19-14(16(21)22)10-18-15(20)11-4-2-1-3-5-11/h1-9,14,19H,10H2,(H,18,20)(H,21,22)/t14-/m0/s1. The van der Waals surface area contributed by atoms with E-state index in [0.29, 0.717) is 5.56 Å². The topological polar surface area (TPSA) is 113 Å². The largest absolute Gasteiger partial charge is 0.480 e. The summed E-state index contributed by atoms with van der Waals surface area (Å²) in [5.41, 5.74) is 0.354. The number of amides is 1. The number of carbonyl (C=O) groups excluding carboxylic acids is 1. The van der Waals surface area contributed by atoms with Gasteiger partial charge in [-0.25, -0.2) is 8.42 Å². The summed E-state index contributed by atoms with van der Waals surface area (Å²) < 4.78 is 27.5. The molecule has 3 N–H and O–H groups in total. The van der Waals surface area contributed by atoms with Gasteiger partial charge in [0.2, 0.25) is 10.0 Å². The van der Waals surface area contributed by atoms with E-state index < -0.39 is 27.9 Å². The van der Waals surface area contributed by atoms with Crippen molar-refractivity contribution in [3.8, 4) is 0 Å². The number of sulfonamides is 1. The minimum atomic E-state index is -4.02. The fraction of sp³-hybridized carbons (Fsp3) is 0.125. The molecule has 7 nitrogen and oxygen atoms in total. The summed E-state index contributed by atoms with van der Waals surface area (Å²) in [7, 11) is -4.02. The number of aliphatic carboxylic acids is 1. The monoisotopic (exact) mass is 474 g/mol. The highest BCUT2D eigenvalue weighted by Crippen LogP contribution is 2.12. The average Bonchev–Trinajstić information content (AvgIpc) is 2.59. The van der Waals surface area contributed by atoms with Crippen LogP contribution in [0, 0.1) is 3.57 Å². The predicted molar refractivity (Wildman–Crippen MR) is 99.7 cm³/mol. The second-order valence-electron chi connectivity index (χ2n) is 5.04. The van der Waals surface area contributed by atoms with Crippen LogP contribution < -0.4 is 10.0 Å². The number of carbonyl (C=O) groups is 2. The highest BCUT2D eigenvalue weighted by molar-refractivity contribution is 14.1. The summed E-state index contributed by atoms with van der Waals surface area (Å²) in [4.78, 5) is 23.2. The molecule has 0 heterocycles. The van der Waals surface area contributed by atoms with E-state index in [4.69, 9.17) is 0 Å². The lowest BCUT2D eigenvalue weighted by atomic mass is 10.2. The first-order valence-corrected chi connectivity index (χ1v) is 9.70. The second-order valence-corrected chi connectivity index (χ2v) is 8.00. The van der Waals surface area contributed by atoms with Gasteiger partial charge in [0.05, 0.1) is 4.90 Å². The van der Waals surface area contributed by atoms with Gasteiger partial charge in [0.1, 0.15) is 6.04 Å². The molecule has 9 heteroatoms. The molecule has 0 bridgehead atoms. The van der Waals surface area contributed by atoms with E-state index in [2.05, 4.69) is 10.0 Å². The minimum Gasteiger partial charge on any atom is -0.480 e. The molecular weight excluding hydrogens is 459 g/mol. The molecule has 0 aliphatic heterocycles. The zero-order valence-corrected chi connectivity index (χ0v) is 15.8. The van der Waals surface area contributed by atoms with Crippen LogP contribution in [0.4, 0.5) is 0 Å². The van der Waals surface area contributed by atoms with Crippen molar-refractivity contribution < 1.29 is 23.1 Å². The van der Waals surface area contributed by atoms with Crippen LogP contribution in [0.3, 0.4) is 0 Å². The summed E-state index contributed by atoms with van der Waals surface area (Å²) >= 11 is 2.03. The maximum absolute atomic E-state index is 12.3. The molecule has 0 fully saturated rings. The van der Waals surface area contributed by atoms with E-state index in [1.807, 2.05) is 22.6 Å². The molecule has 0 saturated heterocycles. The van der Waals surface area contributed by atoms with Crippen molar-refractivity contribution in [1.82, 2.24) is 10.0 Å². The highest BCUT2D eigenvalue weighted by atomic mass is 127. The Morgan fingerprint density at radius 3 is 2.20 bits per heavy atom. The fourth-order valence-electron chi connectivity index (χ4n) is 1.93. The number of rotatable bonds is 7. The average molecular weight is 474 g/mol. The minimum absolute atomic E-state index is 0.0476. The first-order chi connectivity index (χ1) is 11.8. The third-order valence-electron chi connectivity index (χ3n) is 3.22. The Morgan fingerprint density at radius 1 is 1.04 bits per heavy atom. The van der Waals surface area contributed by atoms with Crippen LogP contribution in [0.2, 0.25) is 0 Å². The van der Waals surface area contributed by atoms with Crippen LogP contribution in [0.15, 0.2) is 59.5 Å². The molecule has 0 aromatic heterocycles. The normalized spacial score (nSPS) is 12.4. The van der Waals surface area contributed by atoms with Crippen molar-refractivity contribution in [2.75, 3.05) is 6.54 Å². The lowest BCUT2D eigenvalue weighted by Crippen LogP contribution is -2.48. The molecule has 132 valence electrons. The number of benzene rings is 2. The Balaban J connectivity index is 2.07. The van der Waals surface area contributed by atoms with Crippen LogP contribution in [0.25, 0.3) is 0 Å². The Hall–Kier alpha value is -1.98. The van der Waals surface area contributed by atoms with Gasteiger partial charge in [-0.3, -0.25) is 9.59 Å². The smallest absolute Gasteiger partial charge is 0.323 e. The van der Waals surface area contributed by atoms with E-state index >= 15 is 0 Å². The molecule has 1 atom stereocenters. The Labute approximate surface area is 158 Å². The molecule has 0 spiro atoms. The van der Waals surface area contributed by atoms with E-state index in [0.717, 1.165) is 3.57 Å². The summed E-state index contributed by atoms with van der Waals surface area (Å²) in [5.74, 6) is -1.87.